The van der Waals surface area contributed by atoms with Gasteiger partial charge >= 0.3 is 0 Å². The highest BCUT2D eigenvalue weighted by Crippen LogP contribution is 2.19. The van der Waals surface area contributed by atoms with Crippen LogP contribution in [-0.2, 0) is 10.0 Å². The van der Waals surface area contributed by atoms with E-state index in [2.05, 4.69) is 16.5 Å². The van der Waals surface area contributed by atoms with Crippen molar-refractivity contribution in [2.45, 2.75) is 50.0 Å². The number of halogens is 1. The van der Waals surface area contributed by atoms with E-state index in [9.17, 15) is 8.42 Å². The summed E-state index contributed by atoms with van der Waals surface area (Å²) in [6, 6.07) is 6.91. The second-order valence-electron chi connectivity index (χ2n) is 5.80. The van der Waals surface area contributed by atoms with E-state index in [1.54, 1.807) is 12.1 Å². The Morgan fingerprint density at radius 1 is 1.27 bits per heavy atom. The van der Waals surface area contributed by atoms with Crippen molar-refractivity contribution in [3.05, 3.63) is 29.3 Å². The lowest BCUT2D eigenvalue weighted by Crippen LogP contribution is -2.40. The summed E-state index contributed by atoms with van der Waals surface area (Å²) in [5.41, 5.74) is 0. The zero-order chi connectivity index (χ0) is 16.0. The minimum absolute atomic E-state index is 0.265. The molecule has 1 aliphatic rings. The van der Waals surface area contributed by atoms with Crippen LogP contribution in [-0.4, -0.2) is 39.0 Å². The standard InChI is InChI=1S/C16H25ClN2O2S/c1-2-15-6-3-4-12-19(15)13-5-11-18-22(20,21)16-9-7-14(17)8-10-16/h7-10,15,18H,2-6,11-13H2,1H3. The number of piperidine rings is 1. The maximum absolute atomic E-state index is 12.1. The van der Waals surface area contributed by atoms with Gasteiger partial charge in [0.15, 0.2) is 0 Å². The first-order valence-electron chi connectivity index (χ1n) is 8.02. The molecule has 124 valence electrons. The number of hydrogen-bond donors (Lipinski definition) is 1. The number of nitrogens with zero attached hydrogens (tertiary/aromatic N) is 1. The van der Waals surface area contributed by atoms with Crippen molar-refractivity contribution >= 4 is 21.6 Å². The lowest BCUT2D eigenvalue weighted by molar-refractivity contribution is 0.143. The largest absolute Gasteiger partial charge is 0.300 e. The average Bonchev–Trinajstić information content (AvgIpc) is 2.52. The summed E-state index contributed by atoms with van der Waals surface area (Å²) in [5.74, 6) is 0. The Morgan fingerprint density at radius 3 is 2.68 bits per heavy atom. The molecule has 1 aromatic rings. The monoisotopic (exact) mass is 344 g/mol. The molecule has 1 fully saturated rings. The zero-order valence-corrected chi connectivity index (χ0v) is 14.7. The van der Waals surface area contributed by atoms with Gasteiger partial charge in [-0.25, -0.2) is 13.1 Å². The smallest absolute Gasteiger partial charge is 0.240 e. The van der Waals surface area contributed by atoms with Gasteiger partial charge in [-0.15, -0.1) is 0 Å². The van der Waals surface area contributed by atoms with E-state index < -0.39 is 10.0 Å². The summed E-state index contributed by atoms with van der Waals surface area (Å²) < 4.78 is 27.0. The van der Waals surface area contributed by atoms with Crippen molar-refractivity contribution in [3.8, 4) is 0 Å². The fourth-order valence-electron chi connectivity index (χ4n) is 3.00. The molecule has 0 aliphatic carbocycles. The van der Waals surface area contributed by atoms with E-state index in [0.717, 1.165) is 19.5 Å². The molecule has 1 aliphatic heterocycles. The van der Waals surface area contributed by atoms with Gasteiger partial charge in [0.2, 0.25) is 10.0 Å². The van der Waals surface area contributed by atoms with Gasteiger partial charge < -0.3 is 4.90 Å². The van der Waals surface area contributed by atoms with Crippen LogP contribution in [0.3, 0.4) is 0 Å². The lowest BCUT2D eigenvalue weighted by atomic mass is 10.00. The van der Waals surface area contributed by atoms with Crippen LogP contribution >= 0.6 is 11.6 Å². The van der Waals surface area contributed by atoms with E-state index >= 15 is 0 Å². The number of benzene rings is 1. The van der Waals surface area contributed by atoms with E-state index in [1.165, 1.54) is 37.8 Å². The third-order valence-corrected chi connectivity index (χ3v) is 5.99. The number of rotatable bonds is 7. The van der Waals surface area contributed by atoms with Crippen LogP contribution < -0.4 is 4.72 Å². The highest BCUT2D eigenvalue weighted by Gasteiger charge is 2.20. The molecular weight excluding hydrogens is 320 g/mol. The Bertz CT molecular complexity index is 560. The molecule has 2 rings (SSSR count). The molecule has 6 heteroatoms. The second kappa shape index (κ2) is 8.29. The van der Waals surface area contributed by atoms with E-state index in [0.29, 0.717) is 17.6 Å². The minimum Gasteiger partial charge on any atom is -0.300 e. The molecule has 0 saturated carbocycles. The highest BCUT2D eigenvalue weighted by atomic mass is 35.5. The minimum atomic E-state index is -3.43. The van der Waals surface area contributed by atoms with Crippen molar-refractivity contribution in [3.63, 3.8) is 0 Å². The molecule has 0 aromatic heterocycles. The summed E-state index contributed by atoms with van der Waals surface area (Å²) in [5, 5.41) is 0.537. The van der Waals surface area contributed by atoms with Crippen LogP contribution in [0.2, 0.25) is 5.02 Å². The maximum Gasteiger partial charge on any atom is 0.240 e. The molecule has 22 heavy (non-hydrogen) atoms. The van der Waals surface area contributed by atoms with Gasteiger partial charge in [0, 0.05) is 17.6 Å². The molecule has 1 aromatic carbocycles. The van der Waals surface area contributed by atoms with Gasteiger partial charge in [-0.05, 0) is 63.0 Å². The van der Waals surface area contributed by atoms with Crippen molar-refractivity contribution in [1.82, 2.24) is 9.62 Å². The number of nitrogens with one attached hydrogen (secondary N) is 1. The number of sulfonamides is 1. The Hall–Kier alpha value is -0.620. The SMILES string of the molecule is CCC1CCCCN1CCCNS(=O)(=O)c1ccc(Cl)cc1. The normalized spacial score (nSPS) is 20.2. The highest BCUT2D eigenvalue weighted by molar-refractivity contribution is 7.89. The number of hydrogen-bond acceptors (Lipinski definition) is 3. The zero-order valence-electron chi connectivity index (χ0n) is 13.1. The Morgan fingerprint density at radius 2 is 2.00 bits per heavy atom. The Labute approximate surface area is 138 Å². The molecule has 4 nitrogen and oxygen atoms in total. The summed E-state index contributed by atoms with van der Waals surface area (Å²) in [6.45, 7) is 4.80. The lowest BCUT2D eigenvalue weighted by Gasteiger charge is -2.35. The topological polar surface area (TPSA) is 49.4 Å². The van der Waals surface area contributed by atoms with Crippen molar-refractivity contribution in [2.75, 3.05) is 19.6 Å². The van der Waals surface area contributed by atoms with Crippen LogP contribution in [0, 0.1) is 0 Å². The van der Waals surface area contributed by atoms with E-state index in [-0.39, 0.29) is 4.90 Å². The quantitative estimate of drug-likeness (QED) is 0.772. The number of likely N-dealkylation sites (tertiary alicyclic amines) is 1. The fraction of sp³-hybridized carbons (Fsp3) is 0.625. The Kier molecular flexibility index (Phi) is 6.68. The first-order valence-corrected chi connectivity index (χ1v) is 9.88. The van der Waals surface area contributed by atoms with Crippen LogP contribution in [0.25, 0.3) is 0 Å². The molecule has 1 unspecified atom stereocenters. The van der Waals surface area contributed by atoms with Gasteiger partial charge in [-0.2, -0.15) is 0 Å². The van der Waals surface area contributed by atoms with E-state index in [4.69, 9.17) is 11.6 Å². The Balaban J connectivity index is 1.79. The first kappa shape index (κ1) is 17.7. The summed E-state index contributed by atoms with van der Waals surface area (Å²) in [4.78, 5) is 2.77. The molecule has 0 radical (unpaired) electrons. The van der Waals surface area contributed by atoms with Gasteiger partial charge in [0.05, 0.1) is 4.90 Å². The van der Waals surface area contributed by atoms with Gasteiger partial charge in [0.25, 0.3) is 0 Å². The molecule has 0 spiro atoms. The van der Waals surface area contributed by atoms with Gasteiger partial charge in [0.1, 0.15) is 0 Å². The van der Waals surface area contributed by atoms with E-state index in [1.807, 2.05) is 0 Å². The van der Waals surface area contributed by atoms with Crippen LogP contribution in [0.1, 0.15) is 39.0 Å². The van der Waals surface area contributed by atoms with Crippen LogP contribution in [0.5, 0.6) is 0 Å². The second-order valence-corrected chi connectivity index (χ2v) is 8.00. The van der Waals surface area contributed by atoms with Crippen LogP contribution in [0.4, 0.5) is 0 Å². The van der Waals surface area contributed by atoms with Crippen LogP contribution in [0.15, 0.2) is 29.2 Å². The maximum atomic E-state index is 12.1. The molecule has 0 amide bonds. The van der Waals surface area contributed by atoms with Crippen molar-refractivity contribution < 1.29 is 8.42 Å². The van der Waals surface area contributed by atoms with Crippen molar-refractivity contribution in [2.24, 2.45) is 0 Å². The predicted molar refractivity (Wildman–Crippen MR) is 90.8 cm³/mol. The molecular formula is C16H25ClN2O2S. The van der Waals surface area contributed by atoms with Crippen molar-refractivity contribution in [1.29, 1.82) is 0 Å². The predicted octanol–water partition coefficient (Wildman–Crippen LogP) is 3.27. The third-order valence-electron chi connectivity index (χ3n) is 4.26. The van der Waals surface area contributed by atoms with Gasteiger partial charge in [-0.3, -0.25) is 0 Å². The first-order chi connectivity index (χ1) is 10.5. The molecule has 1 saturated heterocycles. The summed E-state index contributed by atoms with van der Waals surface area (Å²) in [6.07, 6.45) is 5.86. The summed E-state index contributed by atoms with van der Waals surface area (Å²) in [7, 11) is -3.43. The summed E-state index contributed by atoms with van der Waals surface area (Å²) >= 11 is 5.78. The van der Waals surface area contributed by atoms with Gasteiger partial charge in [-0.1, -0.05) is 24.9 Å². The average molecular weight is 345 g/mol. The molecule has 1 atom stereocenters. The molecule has 0 bridgehead atoms. The third kappa shape index (κ3) is 4.95. The molecule has 1 heterocycles. The molecule has 1 N–H and O–H groups in total. The fourth-order valence-corrected chi connectivity index (χ4v) is 4.20.